The highest BCUT2D eigenvalue weighted by Gasteiger charge is 2.23. The first-order chi connectivity index (χ1) is 11.2. The number of nitrogens with one attached hydrogen (secondary N) is 1. The number of hydrogen-bond acceptors (Lipinski definition) is 8. The van der Waals surface area contributed by atoms with Crippen molar-refractivity contribution in [2.24, 2.45) is 0 Å². The van der Waals surface area contributed by atoms with Gasteiger partial charge in [0.15, 0.2) is 4.34 Å². The maximum absolute atomic E-state index is 12.3. The molecule has 1 aliphatic heterocycles. The lowest BCUT2D eigenvalue weighted by Crippen LogP contribution is -2.43. The van der Waals surface area contributed by atoms with E-state index in [1.54, 1.807) is 18.5 Å². The van der Waals surface area contributed by atoms with Crippen molar-refractivity contribution >= 4 is 35.0 Å². The van der Waals surface area contributed by atoms with Gasteiger partial charge in [0.25, 0.3) is 0 Å². The summed E-state index contributed by atoms with van der Waals surface area (Å²) in [5.74, 6) is 1.24. The van der Waals surface area contributed by atoms with Crippen LogP contribution in [0.1, 0.15) is 17.8 Å². The molecule has 3 heterocycles. The zero-order chi connectivity index (χ0) is 16.1. The lowest BCUT2D eigenvalue weighted by atomic mass is 10.1. The number of piperidine rings is 1. The fourth-order valence-corrected chi connectivity index (χ4v) is 4.10. The van der Waals surface area contributed by atoms with Crippen molar-refractivity contribution in [1.29, 1.82) is 0 Å². The normalized spacial score (nSPS) is 15.6. The molecular weight excluding hydrogens is 332 g/mol. The molecule has 7 nitrogen and oxygen atoms in total. The fraction of sp³-hybridized carbons (Fsp3) is 0.500. The molecule has 0 aromatic carbocycles. The Bertz CT molecular complexity index is 642. The van der Waals surface area contributed by atoms with Crippen LogP contribution in [0.4, 0.5) is 5.95 Å². The van der Waals surface area contributed by atoms with Crippen molar-refractivity contribution in [3.05, 3.63) is 23.5 Å². The molecule has 0 aliphatic carbocycles. The standard InChI is InChI=1S/C14H18N6OS2/c1-10-18-19-14(23-10)22-9-12(21)20-7-3-11(4-8-20)17-13-15-5-2-6-16-13/h2,5-6,11H,3-4,7-9H2,1H3,(H,15,16,17). The lowest BCUT2D eigenvalue weighted by Gasteiger charge is -2.32. The number of amides is 1. The summed E-state index contributed by atoms with van der Waals surface area (Å²) in [4.78, 5) is 22.5. The largest absolute Gasteiger partial charge is 0.351 e. The summed E-state index contributed by atoms with van der Waals surface area (Å²) in [6, 6.07) is 2.11. The van der Waals surface area contributed by atoms with Gasteiger partial charge in [0.1, 0.15) is 5.01 Å². The highest BCUT2D eigenvalue weighted by molar-refractivity contribution is 8.01. The third-order valence-corrected chi connectivity index (χ3v) is 5.53. The van der Waals surface area contributed by atoms with E-state index < -0.39 is 0 Å². The zero-order valence-corrected chi connectivity index (χ0v) is 14.4. The van der Waals surface area contributed by atoms with Gasteiger partial charge < -0.3 is 10.2 Å². The van der Waals surface area contributed by atoms with Gasteiger partial charge in [0.05, 0.1) is 5.75 Å². The first-order valence-corrected chi connectivity index (χ1v) is 9.25. The molecule has 1 saturated heterocycles. The molecule has 2 aromatic rings. The number of likely N-dealkylation sites (tertiary alicyclic amines) is 1. The zero-order valence-electron chi connectivity index (χ0n) is 12.8. The summed E-state index contributed by atoms with van der Waals surface area (Å²) in [5, 5.41) is 12.2. The third-order valence-electron chi connectivity index (χ3n) is 3.57. The smallest absolute Gasteiger partial charge is 0.233 e. The maximum atomic E-state index is 12.3. The minimum absolute atomic E-state index is 0.164. The van der Waals surface area contributed by atoms with E-state index >= 15 is 0 Å². The lowest BCUT2D eigenvalue weighted by molar-refractivity contribution is -0.129. The Morgan fingerprint density at radius 1 is 1.35 bits per heavy atom. The van der Waals surface area contributed by atoms with Gasteiger partial charge in [-0.1, -0.05) is 23.1 Å². The van der Waals surface area contributed by atoms with Crippen LogP contribution in [0.5, 0.6) is 0 Å². The van der Waals surface area contributed by atoms with Gasteiger partial charge in [-0.3, -0.25) is 4.79 Å². The number of carbonyl (C=O) groups excluding carboxylic acids is 1. The van der Waals surface area contributed by atoms with E-state index in [1.807, 2.05) is 11.8 Å². The van der Waals surface area contributed by atoms with Gasteiger partial charge in [-0.2, -0.15) is 0 Å². The van der Waals surface area contributed by atoms with E-state index in [2.05, 4.69) is 25.5 Å². The molecule has 1 aliphatic rings. The molecule has 0 unspecified atom stereocenters. The number of carbonyl (C=O) groups is 1. The number of thioether (sulfide) groups is 1. The predicted molar refractivity (Wildman–Crippen MR) is 90.6 cm³/mol. The number of rotatable bonds is 5. The van der Waals surface area contributed by atoms with Gasteiger partial charge in [-0.25, -0.2) is 9.97 Å². The molecule has 3 rings (SSSR count). The summed E-state index contributed by atoms with van der Waals surface area (Å²) in [7, 11) is 0. The van der Waals surface area contributed by atoms with Gasteiger partial charge in [-0.05, 0) is 25.8 Å². The van der Waals surface area contributed by atoms with Crippen molar-refractivity contribution < 1.29 is 4.79 Å². The first-order valence-electron chi connectivity index (χ1n) is 7.45. The topological polar surface area (TPSA) is 83.9 Å². The number of aromatic nitrogens is 4. The van der Waals surface area contributed by atoms with Crippen molar-refractivity contribution in [2.45, 2.75) is 30.1 Å². The first kappa shape index (κ1) is 16.1. The molecule has 2 aromatic heterocycles. The van der Waals surface area contributed by atoms with Crippen LogP contribution in [-0.4, -0.2) is 55.9 Å². The predicted octanol–water partition coefficient (Wildman–Crippen LogP) is 1.83. The van der Waals surface area contributed by atoms with E-state index in [-0.39, 0.29) is 5.91 Å². The molecule has 122 valence electrons. The molecule has 1 fully saturated rings. The molecule has 0 atom stereocenters. The summed E-state index contributed by atoms with van der Waals surface area (Å²) in [6.07, 6.45) is 5.26. The highest BCUT2D eigenvalue weighted by atomic mass is 32.2. The molecule has 0 saturated carbocycles. The molecule has 0 radical (unpaired) electrons. The molecule has 0 bridgehead atoms. The quantitative estimate of drug-likeness (QED) is 0.824. The van der Waals surface area contributed by atoms with Crippen LogP contribution >= 0.6 is 23.1 Å². The van der Waals surface area contributed by atoms with E-state index in [0.29, 0.717) is 17.7 Å². The SMILES string of the molecule is Cc1nnc(SCC(=O)N2CCC(Nc3ncccn3)CC2)s1. The Labute approximate surface area is 142 Å². The second kappa shape index (κ2) is 7.69. The Hall–Kier alpha value is -1.74. The van der Waals surface area contributed by atoms with Crippen molar-refractivity contribution in [3.63, 3.8) is 0 Å². The van der Waals surface area contributed by atoms with Crippen molar-refractivity contribution in [1.82, 2.24) is 25.1 Å². The van der Waals surface area contributed by atoms with Gasteiger partial charge in [0, 0.05) is 31.5 Å². The van der Waals surface area contributed by atoms with Gasteiger partial charge in [-0.15, -0.1) is 10.2 Å². The number of nitrogens with zero attached hydrogens (tertiary/aromatic N) is 5. The van der Waals surface area contributed by atoms with Crippen LogP contribution in [0.2, 0.25) is 0 Å². The van der Waals surface area contributed by atoms with E-state index in [0.717, 1.165) is 35.3 Å². The second-order valence-electron chi connectivity index (χ2n) is 5.25. The molecule has 0 spiro atoms. The molecule has 1 N–H and O–H groups in total. The second-order valence-corrected chi connectivity index (χ2v) is 7.65. The van der Waals surface area contributed by atoms with Crippen LogP contribution in [0, 0.1) is 6.92 Å². The molecule has 23 heavy (non-hydrogen) atoms. The Balaban J connectivity index is 1.42. The van der Waals surface area contributed by atoms with E-state index in [9.17, 15) is 4.79 Å². The van der Waals surface area contributed by atoms with Crippen LogP contribution in [0.25, 0.3) is 0 Å². The summed E-state index contributed by atoms with van der Waals surface area (Å²) < 4.78 is 0.855. The van der Waals surface area contributed by atoms with Crippen LogP contribution in [0.3, 0.4) is 0 Å². The number of anilines is 1. The molecule has 9 heteroatoms. The van der Waals surface area contributed by atoms with Gasteiger partial charge in [0.2, 0.25) is 11.9 Å². The minimum Gasteiger partial charge on any atom is -0.351 e. The van der Waals surface area contributed by atoms with Crippen LogP contribution < -0.4 is 5.32 Å². The maximum Gasteiger partial charge on any atom is 0.233 e. The number of hydrogen-bond donors (Lipinski definition) is 1. The fourth-order valence-electron chi connectivity index (χ4n) is 2.38. The van der Waals surface area contributed by atoms with E-state index in [1.165, 1.54) is 23.1 Å². The Morgan fingerprint density at radius 3 is 2.74 bits per heavy atom. The Morgan fingerprint density at radius 2 is 2.09 bits per heavy atom. The molecule has 1 amide bonds. The highest BCUT2D eigenvalue weighted by Crippen LogP contribution is 2.23. The summed E-state index contributed by atoms with van der Waals surface area (Å²) in [5.41, 5.74) is 0. The Kier molecular flexibility index (Phi) is 5.39. The summed E-state index contributed by atoms with van der Waals surface area (Å²) in [6.45, 7) is 3.44. The minimum atomic E-state index is 0.164. The third kappa shape index (κ3) is 4.61. The average molecular weight is 350 g/mol. The summed E-state index contributed by atoms with van der Waals surface area (Å²) >= 11 is 2.99. The van der Waals surface area contributed by atoms with Crippen molar-refractivity contribution in [3.8, 4) is 0 Å². The van der Waals surface area contributed by atoms with E-state index in [4.69, 9.17) is 0 Å². The average Bonchev–Trinajstić information content (AvgIpc) is 3.00. The molecular formula is C14H18N6OS2. The monoisotopic (exact) mass is 350 g/mol. The number of aryl methyl sites for hydroxylation is 1. The van der Waals surface area contributed by atoms with Crippen LogP contribution in [0.15, 0.2) is 22.8 Å². The van der Waals surface area contributed by atoms with Crippen molar-refractivity contribution in [2.75, 3.05) is 24.2 Å². The van der Waals surface area contributed by atoms with Gasteiger partial charge >= 0.3 is 0 Å². The van der Waals surface area contributed by atoms with Crippen LogP contribution in [-0.2, 0) is 4.79 Å².